The predicted molar refractivity (Wildman–Crippen MR) is 70.5 cm³/mol. The molecule has 20 heavy (non-hydrogen) atoms. The first-order chi connectivity index (χ1) is 9.38. The highest BCUT2D eigenvalue weighted by Crippen LogP contribution is 2.13. The lowest BCUT2D eigenvalue weighted by Gasteiger charge is -2.09. The molecular weight excluding hydrogens is 286 g/mol. The zero-order chi connectivity index (χ0) is 15.2. The van der Waals surface area contributed by atoms with Crippen LogP contribution in [0, 0.1) is 10.1 Å². The molecule has 0 radical (unpaired) electrons. The Hall–Kier alpha value is -1.96. The van der Waals surface area contributed by atoms with Crippen LogP contribution in [0.1, 0.15) is 13.3 Å². The van der Waals surface area contributed by atoms with E-state index in [1.54, 1.807) is 18.2 Å². The van der Waals surface area contributed by atoms with Gasteiger partial charge in [-0.25, -0.2) is 13.2 Å². The van der Waals surface area contributed by atoms with Crippen LogP contribution in [-0.4, -0.2) is 37.7 Å². The van der Waals surface area contributed by atoms with Gasteiger partial charge in [0.05, 0.1) is 17.3 Å². The fourth-order valence-corrected chi connectivity index (χ4v) is 2.90. The first-order valence-corrected chi connectivity index (χ1v) is 7.61. The lowest BCUT2D eigenvalue weighted by molar-refractivity contribution is -0.510. The Morgan fingerprint density at radius 3 is 2.45 bits per heavy atom. The van der Waals surface area contributed by atoms with Crippen LogP contribution >= 0.6 is 0 Å². The number of hydrogen-bond donors (Lipinski definition) is 0. The molecule has 1 aromatic carbocycles. The SMILES string of the molecule is CCOC(=O)C(CCS(=O)(=O)c1ccccc1)[N+](=O)[O-]. The van der Waals surface area contributed by atoms with Gasteiger partial charge in [-0.1, -0.05) is 18.2 Å². The Morgan fingerprint density at radius 1 is 1.35 bits per heavy atom. The van der Waals surface area contributed by atoms with E-state index in [4.69, 9.17) is 0 Å². The summed E-state index contributed by atoms with van der Waals surface area (Å²) in [4.78, 5) is 21.4. The second-order valence-electron chi connectivity index (χ2n) is 3.97. The van der Waals surface area contributed by atoms with Gasteiger partial charge in [0, 0.05) is 11.3 Å². The summed E-state index contributed by atoms with van der Waals surface area (Å²) in [6, 6.07) is 5.93. The van der Waals surface area contributed by atoms with Gasteiger partial charge in [-0.05, 0) is 19.1 Å². The van der Waals surface area contributed by atoms with Crippen LogP contribution in [0.2, 0.25) is 0 Å². The molecule has 0 saturated carbocycles. The van der Waals surface area contributed by atoms with Gasteiger partial charge in [0.25, 0.3) is 0 Å². The molecule has 0 spiro atoms. The molecule has 0 saturated heterocycles. The van der Waals surface area contributed by atoms with Crippen LogP contribution in [0.4, 0.5) is 0 Å². The molecule has 0 N–H and O–H groups in total. The first kappa shape index (κ1) is 16.1. The maximum Gasteiger partial charge on any atom is 0.381 e. The molecule has 0 heterocycles. The average Bonchev–Trinajstić information content (AvgIpc) is 2.39. The summed E-state index contributed by atoms with van der Waals surface area (Å²) >= 11 is 0. The Labute approximate surface area is 116 Å². The minimum Gasteiger partial charge on any atom is -0.461 e. The Kier molecular flexibility index (Phi) is 5.63. The molecular formula is C12H15NO6S. The van der Waals surface area contributed by atoms with Crippen LogP contribution in [-0.2, 0) is 19.4 Å². The van der Waals surface area contributed by atoms with Gasteiger partial charge in [0.1, 0.15) is 0 Å². The van der Waals surface area contributed by atoms with Crippen molar-refractivity contribution in [2.24, 2.45) is 0 Å². The topological polar surface area (TPSA) is 104 Å². The summed E-state index contributed by atoms with van der Waals surface area (Å²) < 4.78 is 28.5. The number of sulfone groups is 1. The van der Waals surface area contributed by atoms with Crippen molar-refractivity contribution >= 4 is 15.8 Å². The molecule has 1 atom stereocenters. The van der Waals surface area contributed by atoms with Crippen molar-refractivity contribution in [2.75, 3.05) is 12.4 Å². The van der Waals surface area contributed by atoms with Crippen molar-refractivity contribution in [1.29, 1.82) is 0 Å². The Balaban J connectivity index is 2.78. The second-order valence-corrected chi connectivity index (χ2v) is 6.08. The number of esters is 1. The molecule has 0 bridgehead atoms. The third-order valence-corrected chi connectivity index (χ3v) is 4.34. The van der Waals surface area contributed by atoms with E-state index in [1.165, 1.54) is 19.1 Å². The predicted octanol–water partition coefficient (Wildman–Crippen LogP) is 1.06. The lowest BCUT2D eigenvalue weighted by atomic mass is 10.2. The monoisotopic (exact) mass is 301 g/mol. The maximum absolute atomic E-state index is 12.0. The fraction of sp³-hybridized carbons (Fsp3) is 0.417. The fourth-order valence-electron chi connectivity index (χ4n) is 1.56. The van der Waals surface area contributed by atoms with Gasteiger partial charge in [0.2, 0.25) is 0 Å². The third kappa shape index (κ3) is 4.30. The van der Waals surface area contributed by atoms with E-state index >= 15 is 0 Å². The van der Waals surface area contributed by atoms with Crippen molar-refractivity contribution in [3.63, 3.8) is 0 Å². The van der Waals surface area contributed by atoms with Crippen LogP contribution in [0.3, 0.4) is 0 Å². The molecule has 0 fully saturated rings. The third-order valence-electron chi connectivity index (χ3n) is 2.58. The Morgan fingerprint density at radius 2 is 1.95 bits per heavy atom. The highest BCUT2D eigenvalue weighted by molar-refractivity contribution is 7.91. The largest absolute Gasteiger partial charge is 0.461 e. The summed E-state index contributed by atoms with van der Waals surface area (Å²) in [6.45, 7) is 1.53. The standard InChI is InChI=1S/C12H15NO6S/c1-2-19-12(14)11(13(15)16)8-9-20(17,18)10-6-4-3-5-7-10/h3-7,11H,2,8-9H2,1H3. The first-order valence-electron chi connectivity index (χ1n) is 5.96. The molecule has 0 amide bonds. The number of carbonyl (C=O) groups excluding carboxylic acids is 1. The molecule has 1 unspecified atom stereocenters. The van der Waals surface area contributed by atoms with Crippen LogP contribution < -0.4 is 0 Å². The van der Waals surface area contributed by atoms with Gasteiger partial charge >= 0.3 is 12.0 Å². The molecule has 0 aromatic heterocycles. The molecule has 8 heteroatoms. The highest BCUT2D eigenvalue weighted by Gasteiger charge is 2.33. The summed E-state index contributed by atoms with van der Waals surface area (Å²) in [5, 5.41) is 10.8. The van der Waals surface area contributed by atoms with Crippen molar-refractivity contribution in [3.05, 3.63) is 40.4 Å². The smallest absolute Gasteiger partial charge is 0.381 e. The number of nitrogens with zero attached hydrogens (tertiary/aromatic N) is 1. The van der Waals surface area contributed by atoms with E-state index in [0.717, 1.165) is 0 Å². The minimum absolute atomic E-state index is 0.00854. The molecule has 7 nitrogen and oxygen atoms in total. The van der Waals surface area contributed by atoms with Crippen LogP contribution in [0.5, 0.6) is 0 Å². The van der Waals surface area contributed by atoms with Crippen molar-refractivity contribution in [1.82, 2.24) is 0 Å². The van der Waals surface area contributed by atoms with Gasteiger partial charge in [-0.3, -0.25) is 10.1 Å². The zero-order valence-electron chi connectivity index (χ0n) is 10.9. The minimum atomic E-state index is -3.65. The second kappa shape index (κ2) is 6.99. The molecule has 0 aliphatic carbocycles. The van der Waals surface area contributed by atoms with Crippen molar-refractivity contribution < 1.29 is 22.9 Å². The maximum atomic E-state index is 12.0. The quantitative estimate of drug-likeness (QED) is 0.424. The number of carbonyl (C=O) groups is 1. The van der Waals surface area contributed by atoms with E-state index in [-0.39, 0.29) is 11.5 Å². The van der Waals surface area contributed by atoms with Crippen molar-refractivity contribution in [2.45, 2.75) is 24.3 Å². The molecule has 0 aliphatic heterocycles. The van der Waals surface area contributed by atoms with Crippen LogP contribution in [0.25, 0.3) is 0 Å². The Bertz CT molecular complexity index is 569. The number of rotatable bonds is 7. The summed E-state index contributed by atoms with van der Waals surface area (Å²) in [5.41, 5.74) is 0. The van der Waals surface area contributed by atoms with Gasteiger partial charge in [-0.15, -0.1) is 0 Å². The molecule has 1 rings (SSSR count). The van der Waals surface area contributed by atoms with E-state index in [9.17, 15) is 23.3 Å². The molecule has 0 aliphatic rings. The highest BCUT2D eigenvalue weighted by atomic mass is 32.2. The summed E-state index contributed by atoms with van der Waals surface area (Å²) in [6.07, 6.45) is -0.414. The van der Waals surface area contributed by atoms with Gasteiger partial charge in [0.15, 0.2) is 9.84 Å². The summed E-state index contributed by atoms with van der Waals surface area (Å²) in [5.74, 6) is -1.50. The number of hydrogen-bond acceptors (Lipinski definition) is 6. The average molecular weight is 301 g/mol. The van der Waals surface area contributed by atoms with E-state index < -0.39 is 38.9 Å². The molecule has 110 valence electrons. The van der Waals surface area contributed by atoms with Crippen LogP contribution in [0.15, 0.2) is 35.2 Å². The number of ether oxygens (including phenoxy) is 1. The van der Waals surface area contributed by atoms with E-state index in [0.29, 0.717) is 0 Å². The summed E-state index contributed by atoms with van der Waals surface area (Å²) in [7, 11) is -3.65. The number of nitro groups is 1. The normalized spacial score (nSPS) is 12.7. The van der Waals surface area contributed by atoms with Gasteiger partial charge in [-0.2, -0.15) is 0 Å². The van der Waals surface area contributed by atoms with Gasteiger partial charge < -0.3 is 4.74 Å². The number of benzene rings is 1. The van der Waals surface area contributed by atoms with E-state index in [1.807, 2.05) is 0 Å². The molecule has 1 aromatic rings. The lowest BCUT2D eigenvalue weighted by Crippen LogP contribution is -2.33. The zero-order valence-corrected chi connectivity index (χ0v) is 11.7. The van der Waals surface area contributed by atoms with E-state index in [2.05, 4.69) is 4.74 Å². The van der Waals surface area contributed by atoms with Crippen molar-refractivity contribution in [3.8, 4) is 0 Å².